The summed E-state index contributed by atoms with van der Waals surface area (Å²) in [5.74, 6) is -1.13. The predicted molar refractivity (Wildman–Crippen MR) is 108 cm³/mol. The maximum Gasteiger partial charge on any atom is 0.123 e. The van der Waals surface area contributed by atoms with Crippen LogP contribution in [0.25, 0.3) is 0 Å². The predicted octanol–water partition coefficient (Wildman–Crippen LogP) is 6.59. The van der Waals surface area contributed by atoms with Crippen molar-refractivity contribution in [3.05, 3.63) is 107 Å². The van der Waals surface area contributed by atoms with Crippen molar-refractivity contribution in [1.82, 2.24) is 0 Å². The third-order valence-corrected chi connectivity index (χ3v) is 5.21. The molecule has 0 fully saturated rings. The molecule has 142 valence electrons. The van der Waals surface area contributed by atoms with Gasteiger partial charge >= 0.3 is 0 Å². The number of rotatable bonds is 8. The lowest BCUT2D eigenvalue weighted by Gasteiger charge is -2.36. The number of hydrogen-bond acceptors (Lipinski definition) is 0. The van der Waals surface area contributed by atoms with Gasteiger partial charge in [-0.25, -0.2) is 13.2 Å². The quantitative estimate of drug-likeness (QED) is 0.236. The summed E-state index contributed by atoms with van der Waals surface area (Å²) < 4.78 is 42.5. The summed E-state index contributed by atoms with van der Waals surface area (Å²) in [5, 5.41) is 0. The molecule has 0 aliphatic rings. The first-order valence-electron chi connectivity index (χ1n) is 9.54. The van der Waals surface area contributed by atoms with Crippen LogP contribution in [0, 0.1) is 17.5 Å². The maximum absolute atomic E-state index is 14.2. The summed E-state index contributed by atoms with van der Waals surface area (Å²) in [6.45, 7) is 0. The van der Waals surface area contributed by atoms with Crippen molar-refractivity contribution in [1.29, 1.82) is 0 Å². The van der Waals surface area contributed by atoms with Crippen molar-refractivity contribution in [2.45, 2.75) is 37.4 Å². The van der Waals surface area contributed by atoms with Gasteiger partial charge in [0.25, 0.3) is 0 Å². The standard InChI is InChI=1S/C24H22BF3/c25-14-3-1-2-13-24(18-7-4-10-21(26)15-18,19-8-5-11-22(27)16-19)20-9-6-12-23(28)17-20/h4-12,15-17H,1-3,13-14H2. The zero-order chi connectivity index (χ0) is 20.0. The maximum atomic E-state index is 14.2. The van der Waals surface area contributed by atoms with Crippen LogP contribution in [-0.2, 0) is 5.41 Å². The van der Waals surface area contributed by atoms with E-state index in [-0.39, 0.29) is 17.5 Å². The molecule has 0 aliphatic heterocycles. The molecule has 0 saturated heterocycles. The Bertz CT molecular complexity index is 812. The van der Waals surface area contributed by atoms with Crippen LogP contribution >= 0.6 is 0 Å². The fourth-order valence-corrected chi connectivity index (χ4v) is 3.91. The Labute approximate surface area is 165 Å². The highest BCUT2D eigenvalue weighted by Crippen LogP contribution is 2.44. The van der Waals surface area contributed by atoms with Gasteiger partial charge in [0.05, 0.1) is 7.85 Å². The van der Waals surface area contributed by atoms with E-state index in [1.54, 1.807) is 18.2 Å². The van der Waals surface area contributed by atoms with E-state index in [0.29, 0.717) is 29.4 Å². The number of benzene rings is 3. The first kappa shape index (κ1) is 20.3. The van der Waals surface area contributed by atoms with Gasteiger partial charge in [-0.3, -0.25) is 0 Å². The van der Waals surface area contributed by atoms with Gasteiger partial charge in [0.1, 0.15) is 17.5 Å². The lowest BCUT2D eigenvalue weighted by atomic mass is 9.66. The van der Waals surface area contributed by atoms with Gasteiger partial charge in [-0.05, 0) is 59.5 Å². The van der Waals surface area contributed by atoms with Gasteiger partial charge < -0.3 is 0 Å². The van der Waals surface area contributed by atoms with E-state index < -0.39 is 5.41 Å². The molecule has 0 bridgehead atoms. The van der Waals surface area contributed by atoms with Gasteiger partial charge in [0, 0.05) is 5.41 Å². The number of hydrogen-bond donors (Lipinski definition) is 0. The summed E-state index contributed by atoms with van der Waals surface area (Å²) in [6, 6.07) is 18.9. The van der Waals surface area contributed by atoms with Gasteiger partial charge in [-0.1, -0.05) is 62.0 Å². The van der Waals surface area contributed by atoms with Crippen molar-refractivity contribution < 1.29 is 13.2 Å². The van der Waals surface area contributed by atoms with Crippen LogP contribution in [0.15, 0.2) is 72.8 Å². The molecule has 0 N–H and O–H groups in total. The van der Waals surface area contributed by atoms with Crippen molar-refractivity contribution in [2.75, 3.05) is 0 Å². The lowest BCUT2D eigenvalue weighted by molar-refractivity contribution is 0.502. The van der Waals surface area contributed by atoms with E-state index in [2.05, 4.69) is 0 Å². The van der Waals surface area contributed by atoms with Crippen molar-refractivity contribution in [3.8, 4) is 0 Å². The van der Waals surface area contributed by atoms with Gasteiger partial charge in [0.2, 0.25) is 0 Å². The Kier molecular flexibility index (Phi) is 6.61. The highest BCUT2D eigenvalue weighted by atomic mass is 19.1. The van der Waals surface area contributed by atoms with Crippen LogP contribution < -0.4 is 0 Å². The molecule has 0 atom stereocenters. The molecule has 3 rings (SSSR count). The summed E-state index contributed by atoms with van der Waals surface area (Å²) in [7, 11) is 5.62. The van der Waals surface area contributed by atoms with E-state index in [0.717, 1.165) is 19.3 Å². The molecule has 0 nitrogen and oxygen atoms in total. The molecule has 0 unspecified atom stereocenters. The minimum atomic E-state index is -0.860. The molecule has 3 aromatic rings. The normalized spacial score (nSPS) is 11.5. The Balaban J connectivity index is 2.24. The summed E-state index contributed by atoms with van der Waals surface area (Å²) in [6.07, 6.45) is 3.72. The number of unbranched alkanes of at least 4 members (excludes halogenated alkanes) is 2. The summed E-state index contributed by atoms with van der Waals surface area (Å²) in [5.41, 5.74) is 1.17. The monoisotopic (exact) mass is 378 g/mol. The van der Waals surface area contributed by atoms with Crippen molar-refractivity contribution >= 4 is 7.85 Å². The molecule has 2 radical (unpaired) electrons. The Morgan fingerprint density at radius 3 is 1.39 bits per heavy atom. The third kappa shape index (κ3) is 4.32. The molecule has 3 aromatic carbocycles. The lowest BCUT2D eigenvalue weighted by Crippen LogP contribution is -2.30. The zero-order valence-electron chi connectivity index (χ0n) is 15.7. The van der Waals surface area contributed by atoms with Crippen molar-refractivity contribution in [3.63, 3.8) is 0 Å². The summed E-state index contributed by atoms with van der Waals surface area (Å²) in [4.78, 5) is 0. The highest BCUT2D eigenvalue weighted by Gasteiger charge is 2.36. The van der Waals surface area contributed by atoms with E-state index >= 15 is 0 Å². The zero-order valence-corrected chi connectivity index (χ0v) is 15.7. The van der Waals surface area contributed by atoms with E-state index in [1.807, 2.05) is 18.2 Å². The van der Waals surface area contributed by atoms with Crippen LogP contribution in [-0.4, -0.2) is 7.85 Å². The molecule has 4 heteroatoms. The van der Waals surface area contributed by atoms with Crippen LogP contribution in [0.4, 0.5) is 13.2 Å². The molecule has 28 heavy (non-hydrogen) atoms. The second-order valence-electron chi connectivity index (χ2n) is 7.04. The van der Waals surface area contributed by atoms with Crippen LogP contribution in [0.5, 0.6) is 0 Å². The van der Waals surface area contributed by atoms with Gasteiger partial charge in [0.15, 0.2) is 0 Å². The van der Waals surface area contributed by atoms with Crippen LogP contribution in [0.3, 0.4) is 0 Å². The van der Waals surface area contributed by atoms with E-state index in [4.69, 9.17) is 7.85 Å². The highest BCUT2D eigenvalue weighted by molar-refractivity contribution is 6.08. The molecule has 0 aromatic heterocycles. The Hall–Kier alpha value is -2.49. The fourth-order valence-electron chi connectivity index (χ4n) is 3.91. The third-order valence-electron chi connectivity index (χ3n) is 5.21. The molecule has 0 aliphatic carbocycles. The second-order valence-corrected chi connectivity index (χ2v) is 7.04. The average molecular weight is 378 g/mol. The first-order valence-corrected chi connectivity index (χ1v) is 9.54. The largest absolute Gasteiger partial charge is 0.207 e. The molecular weight excluding hydrogens is 356 g/mol. The minimum absolute atomic E-state index is 0.378. The smallest absolute Gasteiger partial charge is 0.123 e. The Morgan fingerprint density at radius 1 is 0.607 bits per heavy atom. The molecule has 0 amide bonds. The van der Waals surface area contributed by atoms with Crippen molar-refractivity contribution in [2.24, 2.45) is 0 Å². The fraction of sp³-hybridized carbons (Fsp3) is 0.250. The molecule has 0 saturated carbocycles. The minimum Gasteiger partial charge on any atom is -0.207 e. The topological polar surface area (TPSA) is 0 Å². The van der Waals surface area contributed by atoms with Crippen LogP contribution in [0.1, 0.15) is 42.4 Å². The Morgan fingerprint density at radius 2 is 1.04 bits per heavy atom. The van der Waals surface area contributed by atoms with Gasteiger partial charge in [-0.15, -0.1) is 0 Å². The second kappa shape index (κ2) is 9.14. The van der Waals surface area contributed by atoms with Gasteiger partial charge in [-0.2, -0.15) is 0 Å². The summed E-state index contributed by atoms with van der Waals surface area (Å²) >= 11 is 0. The molecule has 0 heterocycles. The molecular formula is C24H22BF3. The van der Waals surface area contributed by atoms with Crippen LogP contribution in [0.2, 0.25) is 6.32 Å². The first-order chi connectivity index (χ1) is 13.6. The average Bonchev–Trinajstić information content (AvgIpc) is 2.68. The van der Waals surface area contributed by atoms with E-state index in [1.165, 1.54) is 36.4 Å². The molecule has 0 spiro atoms. The SMILES string of the molecule is [B]CCCCCC(c1cccc(F)c1)(c1cccc(F)c1)c1cccc(F)c1. The van der Waals surface area contributed by atoms with E-state index in [9.17, 15) is 13.2 Å². The number of halogens is 3.